The number of aromatic amines is 1. The van der Waals surface area contributed by atoms with Gasteiger partial charge in [-0.25, -0.2) is 10.1 Å². The summed E-state index contributed by atoms with van der Waals surface area (Å²) in [7, 11) is 0. The quantitative estimate of drug-likeness (QED) is 0.348. The van der Waals surface area contributed by atoms with Crippen molar-refractivity contribution in [3.8, 4) is 0 Å². The van der Waals surface area contributed by atoms with Crippen LogP contribution in [0.5, 0.6) is 0 Å². The zero-order valence-corrected chi connectivity index (χ0v) is 20.8. The molecule has 1 fully saturated rings. The summed E-state index contributed by atoms with van der Waals surface area (Å²) in [6, 6.07) is 0.305. The number of anilines is 3. The van der Waals surface area contributed by atoms with Crippen molar-refractivity contribution in [3.63, 3.8) is 0 Å². The van der Waals surface area contributed by atoms with E-state index >= 15 is 0 Å². The molecule has 0 aromatic carbocycles. The van der Waals surface area contributed by atoms with Gasteiger partial charge in [0.25, 0.3) is 5.56 Å². The van der Waals surface area contributed by atoms with Gasteiger partial charge < -0.3 is 25.2 Å². The van der Waals surface area contributed by atoms with Crippen molar-refractivity contribution in [2.75, 3.05) is 54.9 Å². The summed E-state index contributed by atoms with van der Waals surface area (Å²) < 4.78 is 84.3. The van der Waals surface area contributed by atoms with Gasteiger partial charge in [-0.2, -0.15) is 31.4 Å². The van der Waals surface area contributed by atoms with E-state index in [1.54, 1.807) is 16.9 Å². The molecule has 0 bridgehead atoms. The molecule has 2 aliphatic heterocycles. The van der Waals surface area contributed by atoms with Gasteiger partial charge in [0.05, 0.1) is 42.8 Å². The molecule has 0 aliphatic carbocycles. The molecule has 16 heteroatoms. The first kappa shape index (κ1) is 28.4. The van der Waals surface area contributed by atoms with E-state index in [1.807, 2.05) is 4.90 Å². The molecule has 2 aliphatic rings. The van der Waals surface area contributed by atoms with Gasteiger partial charge in [-0.05, 0) is 19.4 Å². The number of hydrogen-bond acceptors (Lipinski definition) is 8. The number of halogens is 6. The molecule has 2 aromatic heterocycles. The normalized spacial score (nSPS) is 18.5. The van der Waals surface area contributed by atoms with Crippen LogP contribution >= 0.6 is 0 Å². The highest BCUT2D eigenvalue weighted by atomic mass is 19.4. The van der Waals surface area contributed by atoms with Gasteiger partial charge in [-0.1, -0.05) is 0 Å². The van der Waals surface area contributed by atoms with E-state index in [9.17, 15) is 35.9 Å². The number of amides is 1. The van der Waals surface area contributed by atoms with Crippen molar-refractivity contribution < 1.29 is 35.9 Å². The number of carbonyl (C=O) groups is 1. The van der Waals surface area contributed by atoms with Crippen molar-refractivity contribution in [2.24, 2.45) is 0 Å². The largest absolute Gasteiger partial charge is 0.423 e. The van der Waals surface area contributed by atoms with Crippen LogP contribution < -0.4 is 21.1 Å². The number of ether oxygens (including phenoxy) is 1. The maximum absolute atomic E-state index is 13.2. The van der Waals surface area contributed by atoms with E-state index < -0.39 is 40.8 Å². The van der Waals surface area contributed by atoms with Crippen LogP contribution in [0.2, 0.25) is 0 Å². The number of alkyl halides is 6. The molecule has 2 aromatic rings. The predicted molar refractivity (Wildman–Crippen MR) is 128 cm³/mol. The molecule has 1 amide bonds. The number of pyridine rings is 1. The summed E-state index contributed by atoms with van der Waals surface area (Å²) in [5.74, 6) is 0.248. The molecule has 0 spiro atoms. The number of nitrogens with zero attached hydrogens (tertiary/aromatic N) is 4. The lowest BCUT2D eigenvalue weighted by molar-refractivity contribution is -0.138. The number of piperazine rings is 1. The van der Waals surface area contributed by atoms with Gasteiger partial charge in [0.1, 0.15) is 5.56 Å². The van der Waals surface area contributed by atoms with Gasteiger partial charge in [-0.3, -0.25) is 9.59 Å². The Kier molecular flexibility index (Phi) is 8.23. The molecule has 10 nitrogen and oxygen atoms in total. The lowest BCUT2D eigenvalue weighted by Gasteiger charge is -2.41. The van der Waals surface area contributed by atoms with E-state index in [2.05, 4.69) is 20.7 Å². The van der Waals surface area contributed by atoms with Gasteiger partial charge in [-0.15, -0.1) is 0 Å². The third-order valence-corrected chi connectivity index (χ3v) is 6.46. The average molecular weight is 564 g/mol. The fourth-order valence-electron chi connectivity index (χ4n) is 4.63. The van der Waals surface area contributed by atoms with Gasteiger partial charge >= 0.3 is 12.4 Å². The highest BCUT2D eigenvalue weighted by Crippen LogP contribution is 2.36. The summed E-state index contributed by atoms with van der Waals surface area (Å²) >= 11 is 0. The Balaban J connectivity index is 1.26. The Morgan fingerprint density at radius 1 is 1.21 bits per heavy atom. The maximum Gasteiger partial charge on any atom is 0.423 e. The first-order valence-corrected chi connectivity index (χ1v) is 12.2. The van der Waals surface area contributed by atoms with Crippen molar-refractivity contribution in [1.82, 2.24) is 20.1 Å². The predicted octanol–water partition coefficient (Wildman–Crippen LogP) is 2.94. The van der Waals surface area contributed by atoms with Gasteiger partial charge in [0, 0.05) is 44.5 Å². The van der Waals surface area contributed by atoms with E-state index in [-0.39, 0.29) is 31.6 Å². The fraction of sp³-hybridized carbons (Fsp3) is 0.565. The van der Waals surface area contributed by atoms with Crippen LogP contribution in [0.3, 0.4) is 0 Å². The van der Waals surface area contributed by atoms with Crippen LogP contribution in [0.1, 0.15) is 30.9 Å². The van der Waals surface area contributed by atoms with Crippen LogP contribution in [-0.2, 0) is 21.9 Å². The van der Waals surface area contributed by atoms with Crippen LogP contribution in [0.25, 0.3) is 0 Å². The third kappa shape index (κ3) is 6.72. The summed E-state index contributed by atoms with van der Waals surface area (Å²) in [5.41, 5.74) is -3.74. The molecule has 1 saturated heterocycles. The zero-order chi connectivity index (χ0) is 28.4. The topological polar surface area (TPSA) is 115 Å². The van der Waals surface area contributed by atoms with Crippen molar-refractivity contribution in [3.05, 3.63) is 39.9 Å². The Labute approximate surface area is 218 Å². The first-order valence-electron chi connectivity index (χ1n) is 12.2. The van der Waals surface area contributed by atoms with E-state index in [0.717, 1.165) is 18.5 Å². The van der Waals surface area contributed by atoms with Crippen LogP contribution in [0.4, 0.5) is 43.5 Å². The molecule has 39 heavy (non-hydrogen) atoms. The zero-order valence-electron chi connectivity index (χ0n) is 20.8. The van der Waals surface area contributed by atoms with Crippen LogP contribution in [0, 0.1) is 0 Å². The van der Waals surface area contributed by atoms with Gasteiger partial charge in [0.15, 0.2) is 5.82 Å². The Hall–Kier alpha value is -3.56. The number of H-pyrrole nitrogens is 1. The summed E-state index contributed by atoms with van der Waals surface area (Å²) in [6.45, 7) is 3.11. The molecule has 3 N–H and O–H groups in total. The number of nitrogens with one attached hydrogen (secondary N) is 3. The average Bonchev–Trinajstić information content (AvgIpc) is 3.03. The number of carbonyl (C=O) groups excluding carboxylic acids is 1. The SMILES string of the molecule is C[C@@H](COCCC(=O)N1CCN2c3ncc(C(F)(F)F)cc3NCC[C@@H]2C1)Nc1cn[nH]c(=O)c1C(F)(F)F. The van der Waals surface area contributed by atoms with Crippen molar-refractivity contribution >= 4 is 23.1 Å². The molecule has 4 rings (SSSR count). The van der Waals surface area contributed by atoms with E-state index in [4.69, 9.17) is 4.74 Å². The summed E-state index contributed by atoms with van der Waals surface area (Å²) in [6.07, 6.45) is -7.05. The van der Waals surface area contributed by atoms with Gasteiger partial charge in [0.2, 0.25) is 5.91 Å². The van der Waals surface area contributed by atoms with Crippen LogP contribution in [0.15, 0.2) is 23.3 Å². The Bertz CT molecular complexity index is 1240. The second-order valence-electron chi connectivity index (χ2n) is 9.35. The van der Waals surface area contributed by atoms with Crippen LogP contribution in [-0.4, -0.2) is 77.5 Å². The molecule has 0 radical (unpaired) electrons. The minimum Gasteiger partial charge on any atom is -0.382 e. The number of aromatic nitrogens is 3. The monoisotopic (exact) mass is 563 g/mol. The second kappa shape index (κ2) is 11.3. The standard InChI is InChI=1S/C23H27F6N7O3/c1-13(33-17-10-32-34-21(38)19(17)23(27,28)29)12-39-7-3-18(37)35-5-6-36-15(11-35)2-4-30-16-8-14(22(24,25)26)9-31-20(16)36/h8-10,13,15,30H,2-7,11-12H2,1H3,(H2,33,34,38)/t13-,15+/m0/s1. The second-order valence-corrected chi connectivity index (χ2v) is 9.35. The smallest absolute Gasteiger partial charge is 0.382 e. The van der Waals surface area contributed by atoms with E-state index in [1.165, 1.54) is 0 Å². The van der Waals surface area contributed by atoms with Crippen molar-refractivity contribution in [2.45, 2.75) is 44.2 Å². The lowest BCUT2D eigenvalue weighted by Crippen LogP contribution is -2.55. The fourth-order valence-corrected chi connectivity index (χ4v) is 4.63. The maximum atomic E-state index is 13.2. The molecular formula is C23H27F6N7O3. The Morgan fingerprint density at radius 2 is 1.97 bits per heavy atom. The highest BCUT2D eigenvalue weighted by Gasteiger charge is 2.38. The third-order valence-electron chi connectivity index (χ3n) is 6.46. The first-order chi connectivity index (χ1) is 18.3. The summed E-state index contributed by atoms with van der Waals surface area (Å²) in [4.78, 5) is 32.0. The molecular weight excluding hydrogens is 536 g/mol. The van der Waals surface area contributed by atoms with E-state index in [0.29, 0.717) is 44.1 Å². The molecule has 2 atom stereocenters. The number of rotatable bonds is 7. The Morgan fingerprint density at radius 3 is 2.69 bits per heavy atom. The minimum absolute atomic E-state index is 0.0260. The highest BCUT2D eigenvalue weighted by molar-refractivity contribution is 5.77. The molecule has 0 saturated carbocycles. The minimum atomic E-state index is -4.87. The number of fused-ring (bicyclic) bond motifs is 3. The molecule has 214 valence electrons. The summed E-state index contributed by atoms with van der Waals surface area (Å²) in [5, 5.41) is 10.7. The molecule has 0 unspecified atom stereocenters. The van der Waals surface area contributed by atoms with Crippen molar-refractivity contribution in [1.29, 1.82) is 0 Å². The molecule has 4 heterocycles. The lowest BCUT2D eigenvalue weighted by atomic mass is 10.1. The number of hydrogen-bond donors (Lipinski definition) is 3.